The first-order chi connectivity index (χ1) is 14.9. The summed E-state index contributed by atoms with van der Waals surface area (Å²) >= 11 is 0. The van der Waals surface area contributed by atoms with E-state index in [1.54, 1.807) is 36.1 Å². The van der Waals surface area contributed by atoms with E-state index in [-0.39, 0.29) is 16.8 Å². The zero-order valence-corrected chi connectivity index (χ0v) is 18.5. The molecule has 0 N–H and O–H groups in total. The summed E-state index contributed by atoms with van der Waals surface area (Å²) in [4.78, 5) is 15.0. The Morgan fingerprint density at radius 2 is 1.58 bits per heavy atom. The second kappa shape index (κ2) is 8.55. The van der Waals surface area contributed by atoms with Crippen LogP contribution in [0.1, 0.15) is 40.9 Å². The third-order valence-corrected chi connectivity index (χ3v) is 7.83. The van der Waals surface area contributed by atoms with Gasteiger partial charge in [-0.2, -0.15) is 0 Å². The van der Waals surface area contributed by atoms with Gasteiger partial charge in [0.15, 0.2) is 0 Å². The van der Waals surface area contributed by atoms with E-state index in [0.29, 0.717) is 17.8 Å². The molecule has 1 atom stereocenters. The van der Waals surface area contributed by atoms with Gasteiger partial charge in [0.05, 0.1) is 16.6 Å². The molecule has 0 aliphatic heterocycles. The molecule has 0 radical (unpaired) electrons. The SMILES string of the molecule is CCN(c1ccccc1)S(=O)(=O)c1ccc(C(=O)N(C)C2CCc3ccccc32)cc1. The van der Waals surface area contributed by atoms with E-state index in [1.165, 1.54) is 27.6 Å². The van der Waals surface area contributed by atoms with Crippen molar-refractivity contribution in [1.82, 2.24) is 4.90 Å². The Balaban J connectivity index is 1.56. The van der Waals surface area contributed by atoms with E-state index in [0.717, 1.165) is 12.8 Å². The molecule has 0 saturated carbocycles. The zero-order valence-electron chi connectivity index (χ0n) is 17.7. The smallest absolute Gasteiger partial charge is 0.264 e. The van der Waals surface area contributed by atoms with Crippen LogP contribution in [0.3, 0.4) is 0 Å². The normalized spacial score (nSPS) is 15.4. The third kappa shape index (κ3) is 3.95. The molecule has 5 nitrogen and oxygen atoms in total. The highest BCUT2D eigenvalue weighted by molar-refractivity contribution is 7.92. The number of nitrogens with zero attached hydrogens (tertiary/aromatic N) is 2. The maximum atomic E-state index is 13.2. The minimum absolute atomic E-state index is 0.0424. The Kier molecular flexibility index (Phi) is 5.83. The van der Waals surface area contributed by atoms with Gasteiger partial charge in [0.1, 0.15) is 0 Å². The van der Waals surface area contributed by atoms with Crippen molar-refractivity contribution in [1.29, 1.82) is 0 Å². The van der Waals surface area contributed by atoms with Gasteiger partial charge in [-0.15, -0.1) is 0 Å². The van der Waals surface area contributed by atoms with Crippen molar-refractivity contribution in [3.05, 3.63) is 95.6 Å². The minimum atomic E-state index is -3.71. The van der Waals surface area contributed by atoms with Crippen molar-refractivity contribution in [3.8, 4) is 0 Å². The quantitative estimate of drug-likeness (QED) is 0.567. The number of hydrogen-bond donors (Lipinski definition) is 0. The molecule has 1 aliphatic rings. The lowest BCUT2D eigenvalue weighted by Crippen LogP contribution is -2.31. The topological polar surface area (TPSA) is 57.7 Å². The van der Waals surface area contributed by atoms with Gasteiger partial charge in [0.25, 0.3) is 15.9 Å². The molecule has 4 rings (SSSR count). The number of hydrogen-bond acceptors (Lipinski definition) is 3. The molecule has 0 fully saturated rings. The predicted molar refractivity (Wildman–Crippen MR) is 123 cm³/mol. The summed E-state index contributed by atoms with van der Waals surface area (Å²) in [6.07, 6.45) is 1.86. The second-order valence-electron chi connectivity index (χ2n) is 7.70. The Labute approximate surface area is 184 Å². The molecule has 0 bridgehead atoms. The van der Waals surface area contributed by atoms with Crippen LogP contribution in [0.4, 0.5) is 5.69 Å². The molecule has 0 heterocycles. The van der Waals surface area contributed by atoms with Gasteiger partial charge in [0.2, 0.25) is 0 Å². The number of carbonyl (C=O) groups excluding carboxylic acids is 1. The van der Waals surface area contributed by atoms with Crippen LogP contribution in [0.2, 0.25) is 0 Å². The maximum absolute atomic E-state index is 13.2. The number of fused-ring (bicyclic) bond motifs is 1. The number of aryl methyl sites for hydroxylation is 1. The highest BCUT2D eigenvalue weighted by Crippen LogP contribution is 2.35. The molecular formula is C25H26N2O3S. The summed E-state index contributed by atoms with van der Waals surface area (Å²) in [5.41, 5.74) is 3.58. The largest absolute Gasteiger partial charge is 0.335 e. The van der Waals surface area contributed by atoms with Crippen molar-refractivity contribution in [2.24, 2.45) is 0 Å². The number of para-hydroxylation sites is 1. The standard InChI is InChI=1S/C25H26N2O3S/c1-3-27(21-10-5-4-6-11-21)31(29,30)22-16-13-20(14-17-22)25(28)26(2)24-18-15-19-9-7-8-12-23(19)24/h4-14,16-17,24H,3,15,18H2,1-2H3. The molecule has 1 unspecified atom stereocenters. The number of rotatable bonds is 6. The molecule has 3 aromatic rings. The van der Waals surface area contributed by atoms with E-state index in [1.807, 2.05) is 37.4 Å². The fraction of sp³-hybridized carbons (Fsp3) is 0.240. The monoisotopic (exact) mass is 434 g/mol. The lowest BCUT2D eigenvalue weighted by molar-refractivity contribution is 0.0730. The highest BCUT2D eigenvalue weighted by atomic mass is 32.2. The van der Waals surface area contributed by atoms with E-state index < -0.39 is 10.0 Å². The lowest BCUT2D eigenvalue weighted by atomic mass is 10.1. The third-order valence-electron chi connectivity index (χ3n) is 5.91. The number of carbonyl (C=O) groups is 1. The van der Waals surface area contributed by atoms with Gasteiger partial charge in [-0.05, 0) is 67.3 Å². The van der Waals surface area contributed by atoms with Gasteiger partial charge in [-0.25, -0.2) is 8.42 Å². The molecule has 0 aromatic heterocycles. The average Bonchev–Trinajstić information content (AvgIpc) is 3.23. The van der Waals surface area contributed by atoms with Crippen LogP contribution < -0.4 is 4.31 Å². The molecule has 160 valence electrons. The van der Waals surface area contributed by atoms with Crippen LogP contribution in [0.25, 0.3) is 0 Å². The van der Waals surface area contributed by atoms with Crippen LogP contribution >= 0.6 is 0 Å². The number of sulfonamides is 1. The second-order valence-corrected chi connectivity index (χ2v) is 9.56. The van der Waals surface area contributed by atoms with Crippen molar-refractivity contribution in [3.63, 3.8) is 0 Å². The minimum Gasteiger partial charge on any atom is -0.335 e. The van der Waals surface area contributed by atoms with Crippen LogP contribution in [-0.2, 0) is 16.4 Å². The average molecular weight is 435 g/mol. The lowest BCUT2D eigenvalue weighted by Gasteiger charge is -2.26. The molecule has 3 aromatic carbocycles. The number of amides is 1. The first kappa shape index (κ1) is 21.1. The van der Waals surface area contributed by atoms with Gasteiger partial charge >= 0.3 is 0 Å². The summed E-state index contributed by atoms with van der Waals surface area (Å²) < 4.78 is 27.7. The first-order valence-corrected chi connectivity index (χ1v) is 11.9. The van der Waals surface area contributed by atoms with E-state index in [2.05, 4.69) is 12.1 Å². The molecule has 0 spiro atoms. The summed E-state index contributed by atoms with van der Waals surface area (Å²) in [5.74, 6) is -0.110. The Hall–Kier alpha value is -3.12. The summed E-state index contributed by atoms with van der Waals surface area (Å²) in [5, 5.41) is 0. The van der Waals surface area contributed by atoms with E-state index >= 15 is 0 Å². The summed E-state index contributed by atoms with van der Waals surface area (Å²) in [6, 6.07) is 23.5. The van der Waals surface area contributed by atoms with Gasteiger partial charge in [-0.1, -0.05) is 42.5 Å². The summed E-state index contributed by atoms with van der Waals surface area (Å²) in [6.45, 7) is 2.12. The van der Waals surface area contributed by atoms with Crippen LogP contribution in [0.15, 0.2) is 83.8 Å². The molecule has 1 aliphatic carbocycles. The van der Waals surface area contributed by atoms with E-state index in [4.69, 9.17) is 0 Å². The molecule has 0 saturated heterocycles. The van der Waals surface area contributed by atoms with Crippen molar-refractivity contribution < 1.29 is 13.2 Å². The summed E-state index contributed by atoms with van der Waals surface area (Å²) in [7, 11) is -1.90. The van der Waals surface area contributed by atoms with Crippen LogP contribution in [0, 0.1) is 0 Å². The van der Waals surface area contributed by atoms with Gasteiger partial charge in [-0.3, -0.25) is 9.10 Å². The van der Waals surface area contributed by atoms with Crippen molar-refractivity contribution in [2.75, 3.05) is 17.9 Å². The number of benzene rings is 3. The van der Waals surface area contributed by atoms with Gasteiger partial charge in [0, 0.05) is 19.2 Å². The van der Waals surface area contributed by atoms with Crippen molar-refractivity contribution >= 4 is 21.6 Å². The van der Waals surface area contributed by atoms with E-state index in [9.17, 15) is 13.2 Å². The molecular weight excluding hydrogens is 408 g/mol. The zero-order chi connectivity index (χ0) is 22.0. The highest BCUT2D eigenvalue weighted by Gasteiger charge is 2.29. The van der Waals surface area contributed by atoms with Crippen LogP contribution in [0.5, 0.6) is 0 Å². The molecule has 31 heavy (non-hydrogen) atoms. The Bertz CT molecular complexity index is 1170. The predicted octanol–water partition coefficient (Wildman–Crippen LogP) is 4.66. The van der Waals surface area contributed by atoms with Gasteiger partial charge < -0.3 is 4.90 Å². The first-order valence-electron chi connectivity index (χ1n) is 10.5. The molecule has 6 heteroatoms. The van der Waals surface area contributed by atoms with Crippen LogP contribution in [-0.4, -0.2) is 32.8 Å². The fourth-order valence-corrected chi connectivity index (χ4v) is 5.74. The molecule has 1 amide bonds. The Morgan fingerprint density at radius 1 is 0.935 bits per heavy atom. The Morgan fingerprint density at radius 3 is 2.26 bits per heavy atom. The maximum Gasteiger partial charge on any atom is 0.264 e. The number of anilines is 1. The van der Waals surface area contributed by atoms with Crippen molar-refractivity contribution in [2.45, 2.75) is 30.7 Å². The fourth-order valence-electron chi connectivity index (χ4n) is 4.26.